The summed E-state index contributed by atoms with van der Waals surface area (Å²) >= 11 is 0. The number of hydrogen-bond donors (Lipinski definition) is 2. The van der Waals surface area contributed by atoms with Gasteiger partial charge in [0.15, 0.2) is 0 Å². The van der Waals surface area contributed by atoms with Crippen molar-refractivity contribution in [2.75, 3.05) is 0 Å². The van der Waals surface area contributed by atoms with Gasteiger partial charge in [0.1, 0.15) is 5.54 Å². The number of benzene rings is 1. The lowest BCUT2D eigenvalue weighted by Gasteiger charge is -2.35. The van der Waals surface area contributed by atoms with Gasteiger partial charge in [-0.3, -0.25) is 5.32 Å². The summed E-state index contributed by atoms with van der Waals surface area (Å²) in [5, 5.41) is 13.1. The Kier molecular flexibility index (Phi) is 3.44. The van der Waals surface area contributed by atoms with Gasteiger partial charge in [-0.05, 0) is 23.8 Å². The Bertz CT molecular complexity index is 429. The minimum Gasteiger partial charge on any atom is -0.480 e. The van der Waals surface area contributed by atoms with Gasteiger partial charge in [-0.25, -0.2) is 4.79 Å². The smallest absolute Gasteiger partial charge is 0.328 e. The highest BCUT2D eigenvalue weighted by Gasteiger charge is 2.48. The van der Waals surface area contributed by atoms with E-state index in [4.69, 9.17) is 0 Å². The van der Waals surface area contributed by atoms with Gasteiger partial charge in [0.05, 0.1) is 0 Å². The van der Waals surface area contributed by atoms with Crippen LogP contribution in [0.3, 0.4) is 0 Å². The Balaban J connectivity index is 2.40. The maximum atomic E-state index is 11.9. The van der Waals surface area contributed by atoms with Crippen LogP contribution in [0.4, 0.5) is 0 Å². The van der Waals surface area contributed by atoms with Gasteiger partial charge in [-0.2, -0.15) is 0 Å². The average molecular weight is 247 g/mol. The molecule has 0 bridgehead atoms. The van der Waals surface area contributed by atoms with Crippen LogP contribution in [0, 0.1) is 11.8 Å². The molecule has 1 saturated carbocycles. The molecule has 1 fully saturated rings. The quantitative estimate of drug-likeness (QED) is 0.841. The summed E-state index contributed by atoms with van der Waals surface area (Å²) in [5.74, 6) is -0.223. The first kappa shape index (κ1) is 13.1. The molecule has 0 radical (unpaired) electrons. The Morgan fingerprint density at radius 1 is 1.39 bits per heavy atom. The maximum Gasteiger partial charge on any atom is 0.328 e. The fourth-order valence-corrected chi connectivity index (χ4v) is 2.53. The molecule has 2 N–H and O–H groups in total. The van der Waals surface area contributed by atoms with Gasteiger partial charge in [0.2, 0.25) is 0 Å². The third-order valence-corrected chi connectivity index (χ3v) is 3.96. The zero-order valence-electron chi connectivity index (χ0n) is 11.2. The molecule has 18 heavy (non-hydrogen) atoms. The van der Waals surface area contributed by atoms with Crippen molar-refractivity contribution in [2.45, 2.75) is 38.8 Å². The van der Waals surface area contributed by atoms with Crippen molar-refractivity contribution in [3.8, 4) is 0 Å². The second-order valence-corrected chi connectivity index (χ2v) is 5.60. The Hall–Kier alpha value is -1.35. The number of carbonyl (C=O) groups is 1. The van der Waals surface area contributed by atoms with E-state index in [0.717, 1.165) is 12.0 Å². The first-order chi connectivity index (χ1) is 8.48. The second-order valence-electron chi connectivity index (χ2n) is 5.60. The molecule has 3 unspecified atom stereocenters. The van der Waals surface area contributed by atoms with Crippen LogP contribution in [-0.2, 0) is 10.3 Å². The molecule has 0 saturated heterocycles. The molecule has 0 heterocycles. The van der Waals surface area contributed by atoms with Gasteiger partial charge in [-0.1, -0.05) is 51.1 Å². The van der Waals surface area contributed by atoms with Crippen molar-refractivity contribution in [1.29, 1.82) is 0 Å². The largest absolute Gasteiger partial charge is 0.480 e. The van der Waals surface area contributed by atoms with Crippen molar-refractivity contribution in [3.63, 3.8) is 0 Å². The summed E-state index contributed by atoms with van der Waals surface area (Å²) in [6.45, 7) is 6.07. The zero-order chi connectivity index (χ0) is 13.3. The molecule has 0 aromatic heterocycles. The molecule has 1 aromatic carbocycles. The predicted molar refractivity (Wildman–Crippen MR) is 71.3 cm³/mol. The third kappa shape index (κ3) is 2.15. The topological polar surface area (TPSA) is 49.3 Å². The Morgan fingerprint density at radius 2 is 1.94 bits per heavy atom. The van der Waals surface area contributed by atoms with Crippen LogP contribution in [0.15, 0.2) is 30.3 Å². The molecule has 3 nitrogen and oxygen atoms in total. The second kappa shape index (κ2) is 4.73. The van der Waals surface area contributed by atoms with E-state index in [-0.39, 0.29) is 5.92 Å². The molecule has 1 aliphatic rings. The highest BCUT2D eigenvalue weighted by Crippen LogP contribution is 2.37. The number of nitrogens with one attached hydrogen (secondary N) is 1. The van der Waals surface area contributed by atoms with Crippen LogP contribution in [0.2, 0.25) is 0 Å². The van der Waals surface area contributed by atoms with E-state index in [2.05, 4.69) is 12.2 Å². The van der Waals surface area contributed by atoms with Crippen molar-refractivity contribution in [2.24, 2.45) is 11.8 Å². The minimum absolute atomic E-state index is 0.00907. The van der Waals surface area contributed by atoms with Crippen LogP contribution in [0.25, 0.3) is 0 Å². The van der Waals surface area contributed by atoms with Crippen molar-refractivity contribution in [1.82, 2.24) is 5.32 Å². The van der Waals surface area contributed by atoms with Crippen LogP contribution in [0.1, 0.15) is 32.8 Å². The molecular formula is C15H21NO2. The maximum absolute atomic E-state index is 11.9. The molecule has 0 aliphatic heterocycles. The fraction of sp³-hybridized carbons (Fsp3) is 0.533. The van der Waals surface area contributed by atoms with Crippen LogP contribution >= 0.6 is 0 Å². The van der Waals surface area contributed by atoms with E-state index in [9.17, 15) is 9.90 Å². The van der Waals surface area contributed by atoms with Crippen LogP contribution < -0.4 is 5.32 Å². The summed E-state index contributed by atoms with van der Waals surface area (Å²) < 4.78 is 0. The molecule has 0 spiro atoms. The molecule has 1 aliphatic carbocycles. The van der Waals surface area contributed by atoms with E-state index >= 15 is 0 Å². The normalized spacial score (nSPS) is 25.8. The standard InChI is InChI=1S/C15H21NO2/c1-10(2)15(14(17)18,16-13-9-11(13)3)12-7-5-4-6-8-12/h4-8,10-11,13,16H,9H2,1-3H3,(H,17,18). The van der Waals surface area contributed by atoms with E-state index in [1.807, 2.05) is 44.2 Å². The molecule has 3 atom stereocenters. The number of carboxylic acids is 1. The van der Waals surface area contributed by atoms with Gasteiger partial charge >= 0.3 is 5.97 Å². The number of aliphatic carboxylic acids is 1. The number of hydrogen-bond acceptors (Lipinski definition) is 2. The van der Waals surface area contributed by atoms with Gasteiger partial charge < -0.3 is 5.11 Å². The fourth-order valence-electron chi connectivity index (χ4n) is 2.53. The van der Waals surface area contributed by atoms with E-state index < -0.39 is 11.5 Å². The molecule has 0 amide bonds. The number of rotatable bonds is 5. The van der Waals surface area contributed by atoms with Crippen molar-refractivity contribution >= 4 is 5.97 Å². The summed E-state index contributed by atoms with van der Waals surface area (Å²) in [6.07, 6.45) is 1.06. The predicted octanol–water partition coefficient (Wildman–Crippen LogP) is 2.62. The highest BCUT2D eigenvalue weighted by molar-refractivity contribution is 5.81. The summed E-state index contributed by atoms with van der Waals surface area (Å²) in [5.41, 5.74) is -0.136. The minimum atomic E-state index is -0.976. The zero-order valence-corrected chi connectivity index (χ0v) is 11.2. The molecular weight excluding hydrogens is 226 g/mol. The van der Waals surface area contributed by atoms with E-state index in [1.165, 1.54) is 0 Å². The van der Waals surface area contributed by atoms with Crippen molar-refractivity contribution < 1.29 is 9.90 Å². The lowest BCUT2D eigenvalue weighted by molar-refractivity contribution is -0.147. The summed E-state index contributed by atoms with van der Waals surface area (Å²) in [7, 11) is 0. The third-order valence-electron chi connectivity index (χ3n) is 3.96. The van der Waals surface area contributed by atoms with Crippen LogP contribution in [-0.4, -0.2) is 17.1 Å². The van der Waals surface area contributed by atoms with E-state index in [0.29, 0.717) is 12.0 Å². The number of carboxylic acid groups (broad SMARTS) is 1. The first-order valence-corrected chi connectivity index (χ1v) is 6.55. The van der Waals surface area contributed by atoms with Gasteiger partial charge in [0.25, 0.3) is 0 Å². The lowest BCUT2D eigenvalue weighted by Crippen LogP contribution is -2.54. The average Bonchev–Trinajstić information content (AvgIpc) is 3.02. The molecule has 1 aromatic rings. The first-order valence-electron chi connectivity index (χ1n) is 6.55. The SMILES string of the molecule is CC1CC1NC(C(=O)O)(c1ccccc1)C(C)C. The van der Waals surface area contributed by atoms with E-state index in [1.54, 1.807) is 0 Å². The van der Waals surface area contributed by atoms with Gasteiger partial charge in [-0.15, -0.1) is 0 Å². The molecule has 3 heteroatoms. The Labute approximate surface area is 108 Å². The van der Waals surface area contributed by atoms with Crippen LogP contribution in [0.5, 0.6) is 0 Å². The summed E-state index contributed by atoms with van der Waals surface area (Å²) in [6, 6.07) is 9.82. The lowest BCUT2D eigenvalue weighted by atomic mass is 9.79. The molecule has 2 rings (SSSR count). The monoisotopic (exact) mass is 247 g/mol. The van der Waals surface area contributed by atoms with Crippen molar-refractivity contribution in [3.05, 3.63) is 35.9 Å². The van der Waals surface area contributed by atoms with Gasteiger partial charge in [0, 0.05) is 6.04 Å². The molecule has 98 valence electrons. The summed E-state index contributed by atoms with van der Waals surface area (Å²) in [4.78, 5) is 11.9. The Morgan fingerprint density at radius 3 is 2.33 bits per heavy atom. The highest BCUT2D eigenvalue weighted by atomic mass is 16.4.